The first-order valence-corrected chi connectivity index (χ1v) is 8.66. The minimum Gasteiger partial charge on any atom is -0.329 e. The van der Waals surface area contributed by atoms with E-state index in [9.17, 15) is 4.79 Å². The zero-order chi connectivity index (χ0) is 17.8. The minimum absolute atomic E-state index is 0.189. The number of para-hydroxylation sites is 1. The zero-order valence-corrected chi connectivity index (χ0v) is 15.6. The molecule has 0 aliphatic carbocycles. The SMILES string of the molecule is Cc1ccc(NC(=O)c2ccc(N(C)c3ccccc3)nc2)c(Br)c1. The molecular weight excluding hydrogens is 378 g/mol. The summed E-state index contributed by atoms with van der Waals surface area (Å²) in [4.78, 5) is 18.8. The maximum Gasteiger partial charge on any atom is 0.257 e. The van der Waals surface area contributed by atoms with E-state index < -0.39 is 0 Å². The Kier molecular flexibility index (Phi) is 5.14. The normalized spacial score (nSPS) is 10.4. The van der Waals surface area contributed by atoms with Crippen molar-refractivity contribution in [3.63, 3.8) is 0 Å². The van der Waals surface area contributed by atoms with Crippen LogP contribution >= 0.6 is 15.9 Å². The second kappa shape index (κ2) is 7.49. The highest BCUT2D eigenvalue weighted by Gasteiger charge is 2.11. The number of benzene rings is 2. The van der Waals surface area contributed by atoms with Gasteiger partial charge in [0.25, 0.3) is 5.91 Å². The van der Waals surface area contributed by atoms with Gasteiger partial charge in [-0.25, -0.2) is 4.98 Å². The van der Waals surface area contributed by atoms with E-state index in [0.717, 1.165) is 27.2 Å². The number of halogens is 1. The summed E-state index contributed by atoms with van der Waals surface area (Å²) < 4.78 is 0.856. The average molecular weight is 396 g/mol. The van der Waals surface area contributed by atoms with Gasteiger partial charge in [-0.2, -0.15) is 0 Å². The van der Waals surface area contributed by atoms with Crippen LogP contribution in [0.15, 0.2) is 71.3 Å². The Morgan fingerprint density at radius 2 is 1.84 bits per heavy atom. The van der Waals surface area contributed by atoms with Gasteiger partial charge in [-0.1, -0.05) is 24.3 Å². The van der Waals surface area contributed by atoms with Gasteiger partial charge in [0.2, 0.25) is 0 Å². The van der Waals surface area contributed by atoms with Crippen LogP contribution in [0, 0.1) is 6.92 Å². The van der Waals surface area contributed by atoms with Gasteiger partial charge in [0, 0.05) is 23.4 Å². The molecule has 1 aromatic heterocycles. The maximum absolute atomic E-state index is 12.4. The van der Waals surface area contributed by atoms with Crippen LogP contribution in [0.4, 0.5) is 17.2 Å². The first-order valence-electron chi connectivity index (χ1n) is 7.87. The molecule has 0 bridgehead atoms. The van der Waals surface area contributed by atoms with E-state index in [-0.39, 0.29) is 5.91 Å². The molecule has 0 fully saturated rings. The highest BCUT2D eigenvalue weighted by Crippen LogP contribution is 2.24. The lowest BCUT2D eigenvalue weighted by molar-refractivity contribution is 0.102. The van der Waals surface area contributed by atoms with Crippen LogP contribution in [0.1, 0.15) is 15.9 Å². The van der Waals surface area contributed by atoms with Crippen molar-refractivity contribution < 1.29 is 4.79 Å². The Labute approximate surface area is 155 Å². The molecule has 0 aliphatic rings. The molecule has 0 atom stereocenters. The van der Waals surface area contributed by atoms with Gasteiger partial charge in [0.15, 0.2) is 0 Å². The molecule has 4 nitrogen and oxygen atoms in total. The van der Waals surface area contributed by atoms with Crippen LogP contribution < -0.4 is 10.2 Å². The number of nitrogens with zero attached hydrogens (tertiary/aromatic N) is 2. The number of pyridine rings is 1. The summed E-state index contributed by atoms with van der Waals surface area (Å²) in [6.07, 6.45) is 1.59. The summed E-state index contributed by atoms with van der Waals surface area (Å²) in [5.41, 5.74) is 3.41. The Balaban J connectivity index is 1.74. The first-order chi connectivity index (χ1) is 12.0. The molecular formula is C20H18BrN3O. The predicted octanol–water partition coefficient (Wildman–Crippen LogP) is 5.17. The molecule has 25 heavy (non-hydrogen) atoms. The van der Waals surface area contributed by atoms with Crippen molar-refractivity contribution in [1.29, 1.82) is 0 Å². The minimum atomic E-state index is -0.189. The molecule has 0 aliphatic heterocycles. The lowest BCUT2D eigenvalue weighted by Gasteiger charge is -2.18. The first kappa shape index (κ1) is 17.2. The van der Waals surface area contributed by atoms with Gasteiger partial charge in [-0.3, -0.25) is 4.79 Å². The quantitative estimate of drug-likeness (QED) is 0.662. The Hall–Kier alpha value is -2.66. The van der Waals surface area contributed by atoms with Crippen molar-refractivity contribution in [2.45, 2.75) is 6.92 Å². The molecule has 0 spiro atoms. The highest BCUT2D eigenvalue weighted by atomic mass is 79.9. The lowest BCUT2D eigenvalue weighted by Crippen LogP contribution is -2.14. The van der Waals surface area contributed by atoms with Gasteiger partial charge in [0.1, 0.15) is 5.82 Å². The average Bonchev–Trinajstić information content (AvgIpc) is 2.64. The molecule has 0 radical (unpaired) electrons. The summed E-state index contributed by atoms with van der Waals surface area (Å²) in [7, 11) is 1.95. The third-order valence-corrected chi connectivity index (χ3v) is 4.53. The molecule has 1 N–H and O–H groups in total. The third kappa shape index (κ3) is 4.06. The van der Waals surface area contributed by atoms with Crippen molar-refractivity contribution in [3.05, 3.63) is 82.5 Å². The van der Waals surface area contributed by atoms with Crippen molar-refractivity contribution in [1.82, 2.24) is 4.98 Å². The Morgan fingerprint density at radius 3 is 2.48 bits per heavy atom. The lowest BCUT2D eigenvalue weighted by atomic mass is 10.2. The fourth-order valence-corrected chi connectivity index (χ4v) is 3.01. The number of nitrogens with one attached hydrogen (secondary N) is 1. The summed E-state index contributed by atoms with van der Waals surface area (Å²) >= 11 is 3.47. The number of carbonyl (C=O) groups is 1. The van der Waals surface area contributed by atoms with Crippen LogP contribution in [-0.2, 0) is 0 Å². The smallest absolute Gasteiger partial charge is 0.257 e. The van der Waals surface area contributed by atoms with Gasteiger partial charge >= 0.3 is 0 Å². The topological polar surface area (TPSA) is 45.2 Å². The molecule has 1 heterocycles. The molecule has 0 saturated heterocycles. The second-order valence-corrected chi connectivity index (χ2v) is 6.59. The number of hydrogen-bond donors (Lipinski definition) is 1. The summed E-state index contributed by atoms with van der Waals surface area (Å²) in [5, 5.41) is 2.89. The van der Waals surface area contributed by atoms with Crippen molar-refractivity contribution in [2.24, 2.45) is 0 Å². The number of amides is 1. The standard InChI is InChI=1S/C20H18BrN3O/c1-14-8-10-18(17(21)12-14)23-20(25)15-9-11-19(22-13-15)24(2)16-6-4-3-5-7-16/h3-13H,1-2H3,(H,23,25). The van der Waals surface area contributed by atoms with E-state index in [4.69, 9.17) is 0 Å². The van der Waals surface area contributed by atoms with Gasteiger partial charge < -0.3 is 10.2 Å². The maximum atomic E-state index is 12.4. The largest absolute Gasteiger partial charge is 0.329 e. The zero-order valence-electron chi connectivity index (χ0n) is 14.0. The highest BCUT2D eigenvalue weighted by molar-refractivity contribution is 9.10. The summed E-state index contributed by atoms with van der Waals surface area (Å²) in [6, 6.07) is 19.4. The Bertz CT molecular complexity index is 879. The summed E-state index contributed by atoms with van der Waals surface area (Å²) in [5.74, 6) is 0.588. The molecule has 0 saturated carbocycles. The monoisotopic (exact) mass is 395 g/mol. The van der Waals surface area contributed by atoms with E-state index in [0.29, 0.717) is 5.56 Å². The number of hydrogen-bond acceptors (Lipinski definition) is 3. The van der Waals surface area contributed by atoms with E-state index in [1.54, 1.807) is 12.3 Å². The number of rotatable bonds is 4. The fraction of sp³-hybridized carbons (Fsp3) is 0.100. The summed E-state index contributed by atoms with van der Waals surface area (Å²) in [6.45, 7) is 2.00. The van der Waals surface area contributed by atoms with Crippen LogP contribution in [0.25, 0.3) is 0 Å². The van der Waals surface area contributed by atoms with E-state index in [1.807, 2.05) is 73.5 Å². The van der Waals surface area contributed by atoms with Crippen LogP contribution in [0.3, 0.4) is 0 Å². The molecule has 1 amide bonds. The molecule has 2 aromatic carbocycles. The van der Waals surface area contributed by atoms with E-state index >= 15 is 0 Å². The molecule has 3 aromatic rings. The van der Waals surface area contributed by atoms with Crippen LogP contribution in [0.2, 0.25) is 0 Å². The Morgan fingerprint density at radius 1 is 1.08 bits per heavy atom. The van der Waals surface area contributed by atoms with E-state index in [1.165, 1.54) is 0 Å². The number of aryl methyl sites for hydroxylation is 1. The van der Waals surface area contributed by atoms with Crippen molar-refractivity contribution >= 4 is 39.0 Å². The van der Waals surface area contributed by atoms with Crippen molar-refractivity contribution in [2.75, 3.05) is 17.3 Å². The number of anilines is 3. The van der Waals surface area contributed by atoms with Gasteiger partial charge in [0.05, 0.1) is 11.3 Å². The molecule has 0 unspecified atom stereocenters. The molecule has 3 rings (SSSR count). The predicted molar refractivity (Wildman–Crippen MR) is 106 cm³/mol. The number of aromatic nitrogens is 1. The second-order valence-electron chi connectivity index (χ2n) is 5.74. The van der Waals surface area contributed by atoms with Crippen molar-refractivity contribution in [3.8, 4) is 0 Å². The van der Waals surface area contributed by atoms with Crippen LogP contribution in [-0.4, -0.2) is 17.9 Å². The molecule has 126 valence electrons. The molecule has 5 heteroatoms. The fourth-order valence-electron chi connectivity index (χ4n) is 2.42. The number of carbonyl (C=O) groups excluding carboxylic acids is 1. The third-order valence-electron chi connectivity index (χ3n) is 3.87. The van der Waals surface area contributed by atoms with Gasteiger partial charge in [-0.05, 0) is 64.8 Å². The van der Waals surface area contributed by atoms with Gasteiger partial charge in [-0.15, -0.1) is 0 Å². The van der Waals surface area contributed by atoms with Crippen LogP contribution in [0.5, 0.6) is 0 Å². The van der Waals surface area contributed by atoms with E-state index in [2.05, 4.69) is 26.2 Å².